The highest BCUT2D eigenvalue weighted by Gasteiger charge is 2.32. The van der Waals surface area contributed by atoms with Gasteiger partial charge in [-0.1, -0.05) is 18.2 Å². The summed E-state index contributed by atoms with van der Waals surface area (Å²) in [6.45, 7) is 1.45. The van der Waals surface area contributed by atoms with E-state index in [1.54, 1.807) is 6.20 Å². The number of H-pyrrole nitrogens is 1. The summed E-state index contributed by atoms with van der Waals surface area (Å²) in [6, 6.07) is 2.82. The summed E-state index contributed by atoms with van der Waals surface area (Å²) in [5.74, 6) is -3.09. The summed E-state index contributed by atoms with van der Waals surface area (Å²) in [4.78, 5) is 57.6. The predicted octanol–water partition coefficient (Wildman–Crippen LogP) is -1.24. The van der Waals surface area contributed by atoms with Crippen LogP contribution in [-0.4, -0.2) is 93.7 Å². The molecule has 1 heterocycles. The van der Waals surface area contributed by atoms with Crippen molar-refractivity contribution in [3.8, 4) is 0 Å². The summed E-state index contributed by atoms with van der Waals surface area (Å²) in [5, 5.41) is 28.1. The molecule has 1 aromatic heterocycles. The minimum Gasteiger partial charge on any atom is -0.480 e. The number of aliphatic carboxylic acids is 1. The van der Waals surface area contributed by atoms with Gasteiger partial charge in [-0.15, -0.1) is 0 Å². The van der Waals surface area contributed by atoms with Crippen LogP contribution in [0.4, 0.5) is 0 Å². The van der Waals surface area contributed by atoms with E-state index in [9.17, 15) is 29.4 Å². The Labute approximate surface area is 242 Å². The van der Waals surface area contributed by atoms with E-state index in [0.29, 0.717) is 5.75 Å². The van der Waals surface area contributed by atoms with Gasteiger partial charge in [-0.25, -0.2) is 4.79 Å². The summed E-state index contributed by atoms with van der Waals surface area (Å²) in [7, 11) is 0. The van der Waals surface area contributed by atoms with Crippen molar-refractivity contribution in [2.45, 2.75) is 62.9 Å². The van der Waals surface area contributed by atoms with Gasteiger partial charge < -0.3 is 48.3 Å². The van der Waals surface area contributed by atoms with Crippen LogP contribution in [0.25, 0.3) is 10.9 Å². The highest BCUT2D eigenvalue weighted by molar-refractivity contribution is 7.98. The number of para-hydroxylation sites is 1. The van der Waals surface area contributed by atoms with Gasteiger partial charge in [0, 0.05) is 23.6 Å². The van der Waals surface area contributed by atoms with Gasteiger partial charge in [0.15, 0.2) is 5.96 Å². The van der Waals surface area contributed by atoms with E-state index in [4.69, 9.17) is 17.2 Å². The number of guanidine groups is 1. The second-order valence-electron chi connectivity index (χ2n) is 9.59. The lowest BCUT2D eigenvalue weighted by Crippen LogP contribution is -2.60. The Hall–Kier alpha value is -3.82. The van der Waals surface area contributed by atoms with E-state index in [0.717, 1.165) is 16.5 Å². The molecule has 0 spiro atoms. The number of aliphatic imine (C=N–C) groups is 1. The van der Waals surface area contributed by atoms with Gasteiger partial charge in [-0.3, -0.25) is 19.4 Å². The minimum atomic E-state index is -1.48. The fraction of sp³-hybridized carbons (Fsp3) is 0.500. The van der Waals surface area contributed by atoms with E-state index in [1.807, 2.05) is 30.5 Å². The lowest BCUT2D eigenvalue weighted by molar-refractivity contribution is -0.143. The van der Waals surface area contributed by atoms with Gasteiger partial charge >= 0.3 is 5.97 Å². The fourth-order valence-electron chi connectivity index (χ4n) is 4.09. The van der Waals surface area contributed by atoms with Crippen LogP contribution >= 0.6 is 11.8 Å². The van der Waals surface area contributed by atoms with E-state index >= 15 is 0 Å². The molecule has 5 atom stereocenters. The Balaban J connectivity index is 2.06. The molecule has 12 N–H and O–H groups in total. The molecular formula is C26H40N8O6S. The maximum Gasteiger partial charge on any atom is 0.326 e. The first-order chi connectivity index (χ1) is 19.4. The lowest BCUT2D eigenvalue weighted by Gasteiger charge is -2.26. The van der Waals surface area contributed by atoms with E-state index in [1.165, 1.54) is 18.7 Å². The molecule has 0 aliphatic heterocycles. The molecule has 226 valence electrons. The molecule has 0 bridgehead atoms. The standard InChI is InChI=1S/C26H40N8O6S/c1-14(35)21(24(38)33-20(25(39)40)8-5-10-30-26(28)29)34-23(37)19(9-11-41-2)32-22(36)17(27)12-15-13-31-18-7-4-3-6-16(15)18/h3-4,6-7,13-14,17,19-21,31,35H,5,8-12,27H2,1-2H3,(H,32,36)(H,33,38)(H,34,37)(H,39,40)(H4,28,29,30). The van der Waals surface area contributed by atoms with Gasteiger partial charge in [0.05, 0.1) is 12.1 Å². The van der Waals surface area contributed by atoms with Crippen LogP contribution in [0, 0.1) is 0 Å². The average Bonchev–Trinajstić information content (AvgIpc) is 3.32. The van der Waals surface area contributed by atoms with Crippen LogP contribution in [0.2, 0.25) is 0 Å². The minimum absolute atomic E-state index is 0.0129. The van der Waals surface area contributed by atoms with Crippen molar-refractivity contribution in [1.29, 1.82) is 0 Å². The number of aliphatic hydroxyl groups is 1. The first kappa shape index (κ1) is 33.4. The number of aromatic nitrogens is 1. The Morgan fingerprint density at radius 1 is 1.02 bits per heavy atom. The number of nitrogens with one attached hydrogen (secondary N) is 4. The number of carbonyl (C=O) groups excluding carboxylic acids is 3. The maximum atomic E-state index is 13.2. The van der Waals surface area contributed by atoms with Crippen molar-refractivity contribution in [1.82, 2.24) is 20.9 Å². The molecule has 2 rings (SSSR count). The molecule has 5 unspecified atom stereocenters. The first-order valence-electron chi connectivity index (χ1n) is 13.1. The highest BCUT2D eigenvalue weighted by atomic mass is 32.2. The zero-order valence-corrected chi connectivity index (χ0v) is 23.9. The quantitative estimate of drug-likeness (QED) is 0.0600. The number of nitrogens with zero attached hydrogens (tertiary/aromatic N) is 1. The van der Waals surface area contributed by atoms with Gasteiger partial charge in [-0.05, 0) is 56.2 Å². The molecule has 0 fully saturated rings. The number of aliphatic hydroxyl groups excluding tert-OH is 1. The van der Waals surface area contributed by atoms with Crippen molar-refractivity contribution in [3.05, 3.63) is 36.0 Å². The van der Waals surface area contributed by atoms with Gasteiger partial charge in [0.2, 0.25) is 17.7 Å². The number of carboxylic acid groups (broad SMARTS) is 1. The topological polar surface area (TPSA) is 251 Å². The number of thioether (sulfide) groups is 1. The number of fused-ring (bicyclic) bond motifs is 1. The normalized spacial score (nSPS) is 14.7. The van der Waals surface area contributed by atoms with Crippen molar-refractivity contribution in [2.75, 3.05) is 18.6 Å². The van der Waals surface area contributed by atoms with Crippen molar-refractivity contribution in [2.24, 2.45) is 22.2 Å². The number of hydrogen-bond acceptors (Lipinski definition) is 8. The molecule has 0 aliphatic rings. The monoisotopic (exact) mass is 592 g/mol. The van der Waals surface area contributed by atoms with Crippen LogP contribution in [-0.2, 0) is 25.6 Å². The third kappa shape index (κ3) is 10.6. The smallest absolute Gasteiger partial charge is 0.326 e. The number of amides is 3. The fourth-order valence-corrected chi connectivity index (χ4v) is 4.57. The molecule has 2 aromatic rings. The van der Waals surface area contributed by atoms with Gasteiger partial charge in [0.1, 0.15) is 18.1 Å². The Morgan fingerprint density at radius 2 is 1.71 bits per heavy atom. The lowest BCUT2D eigenvalue weighted by atomic mass is 10.0. The van der Waals surface area contributed by atoms with E-state index in [-0.39, 0.29) is 38.2 Å². The Morgan fingerprint density at radius 3 is 2.34 bits per heavy atom. The van der Waals surface area contributed by atoms with Crippen molar-refractivity contribution >= 4 is 52.3 Å². The number of aromatic amines is 1. The molecule has 0 saturated heterocycles. The largest absolute Gasteiger partial charge is 0.480 e. The maximum absolute atomic E-state index is 13.2. The SMILES string of the molecule is CSCCC(NC(=O)C(N)Cc1c[nH]c2ccccc12)C(=O)NC(C(=O)NC(CCCN=C(N)N)C(=O)O)C(C)O. The number of benzene rings is 1. The molecule has 14 nitrogen and oxygen atoms in total. The van der Waals surface area contributed by atoms with Crippen LogP contribution in [0.15, 0.2) is 35.5 Å². The predicted molar refractivity (Wildman–Crippen MR) is 158 cm³/mol. The summed E-state index contributed by atoms with van der Waals surface area (Å²) in [6.07, 6.45) is 3.00. The Bertz CT molecular complexity index is 1220. The van der Waals surface area contributed by atoms with Crippen LogP contribution in [0.3, 0.4) is 0 Å². The first-order valence-corrected chi connectivity index (χ1v) is 14.5. The van der Waals surface area contributed by atoms with Crippen molar-refractivity contribution in [3.63, 3.8) is 0 Å². The number of carbonyl (C=O) groups is 4. The van der Waals surface area contributed by atoms with Gasteiger partial charge in [-0.2, -0.15) is 11.8 Å². The van der Waals surface area contributed by atoms with Crippen LogP contribution < -0.4 is 33.2 Å². The molecule has 15 heteroatoms. The second kappa shape index (κ2) is 16.4. The zero-order valence-electron chi connectivity index (χ0n) is 23.1. The summed E-state index contributed by atoms with van der Waals surface area (Å²) in [5.41, 5.74) is 18.5. The molecule has 0 saturated carbocycles. The molecule has 41 heavy (non-hydrogen) atoms. The second-order valence-corrected chi connectivity index (χ2v) is 10.6. The number of rotatable bonds is 17. The van der Waals surface area contributed by atoms with E-state index in [2.05, 4.69) is 25.9 Å². The van der Waals surface area contributed by atoms with Crippen LogP contribution in [0.5, 0.6) is 0 Å². The third-order valence-corrected chi connectivity index (χ3v) is 6.96. The van der Waals surface area contributed by atoms with Gasteiger partial charge in [0.25, 0.3) is 0 Å². The molecular weight excluding hydrogens is 552 g/mol. The van der Waals surface area contributed by atoms with Crippen LogP contribution in [0.1, 0.15) is 31.7 Å². The Kier molecular flexibility index (Phi) is 13.4. The molecule has 3 amide bonds. The number of nitrogens with two attached hydrogens (primary N) is 3. The molecule has 0 radical (unpaired) electrons. The average molecular weight is 593 g/mol. The summed E-state index contributed by atoms with van der Waals surface area (Å²) >= 11 is 1.46. The van der Waals surface area contributed by atoms with E-state index < -0.39 is 54.0 Å². The molecule has 0 aliphatic carbocycles. The summed E-state index contributed by atoms with van der Waals surface area (Å²) < 4.78 is 0. The zero-order chi connectivity index (χ0) is 30.5. The number of hydrogen-bond donors (Lipinski definition) is 9. The van der Waals surface area contributed by atoms with Crippen molar-refractivity contribution < 1.29 is 29.4 Å². The number of carboxylic acids is 1. The third-order valence-electron chi connectivity index (χ3n) is 6.32. The highest BCUT2D eigenvalue weighted by Crippen LogP contribution is 2.19. The molecule has 1 aromatic carbocycles.